The largest absolute Gasteiger partial charge is 0.495 e. The molecule has 9 heteroatoms. The third-order valence-corrected chi connectivity index (χ3v) is 6.85. The Hall–Kier alpha value is -2.52. The molecule has 0 bridgehead atoms. The summed E-state index contributed by atoms with van der Waals surface area (Å²) in [5, 5.41) is 2.38. The standard InChI is InChI=1S/C21H24F2N2O4S/c1-13-6-14(2)12-25(11-13)30(27,28)20-7-15(4-5-19(20)29-3)21(26)24-18-9-16(22)8-17(23)10-18/h4-5,7-10,13-14H,6,11-12H2,1-3H3,(H,24,26). The molecular formula is C21H24F2N2O4S. The zero-order valence-electron chi connectivity index (χ0n) is 17.0. The number of anilines is 1. The highest BCUT2D eigenvalue weighted by atomic mass is 32.2. The summed E-state index contributed by atoms with van der Waals surface area (Å²) in [5.41, 5.74) is -0.0476. The Morgan fingerprint density at radius 2 is 1.67 bits per heavy atom. The number of sulfonamides is 1. The van der Waals surface area contributed by atoms with Crippen LogP contribution >= 0.6 is 0 Å². The molecule has 1 saturated heterocycles. The number of nitrogens with one attached hydrogen (secondary N) is 1. The monoisotopic (exact) mass is 438 g/mol. The average molecular weight is 438 g/mol. The first kappa shape index (κ1) is 22.2. The van der Waals surface area contributed by atoms with Gasteiger partial charge < -0.3 is 10.1 Å². The van der Waals surface area contributed by atoms with Crippen molar-refractivity contribution in [2.75, 3.05) is 25.5 Å². The molecule has 0 aliphatic carbocycles. The van der Waals surface area contributed by atoms with Gasteiger partial charge in [0.2, 0.25) is 10.0 Å². The predicted molar refractivity (Wildman–Crippen MR) is 109 cm³/mol. The molecule has 0 spiro atoms. The van der Waals surface area contributed by atoms with Gasteiger partial charge in [0.15, 0.2) is 0 Å². The van der Waals surface area contributed by atoms with E-state index in [2.05, 4.69) is 5.32 Å². The number of methoxy groups -OCH3 is 1. The molecule has 1 N–H and O–H groups in total. The van der Waals surface area contributed by atoms with Crippen molar-refractivity contribution in [3.05, 3.63) is 53.6 Å². The second-order valence-electron chi connectivity index (χ2n) is 7.75. The van der Waals surface area contributed by atoms with E-state index in [-0.39, 0.29) is 33.7 Å². The van der Waals surface area contributed by atoms with Gasteiger partial charge in [0, 0.05) is 30.4 Å². The van der Waals surface area contributed by atoms with Crippen LogP contribution in [0, 0.1) is 23.5 Å². The van der Waals surface area contributed by atoms with E-state index < -0.39 is 27.6 Å². The predicted octanol–water partition coefficient (Wildman–Crippen LogP) is 3.89. The number of amides is 1. The molecule has 2 aromatic carbocycles. The number of benzene rings is 2. The normalized spacial score (nSPS) is 20.0. The lowest BCUT2D eigenvalue weighted by molar-refractivity contribution is 0.102. The van der Waals surface area contributed by atoms with Gasteiger partial charge in [-0.05, 0) is 48.6 Å². The SMILES string of the molecule is COc1ccc(C(=O)Nc2cc(F)cc(F)c2)cc1S(=O)(=O)N1CC(C)CC(C)C1. The molecule has 30 heavy (non-hydrogen) atoms. The van der Waals surface area contributed by atoms with Crippen molar-refractivity contribution in [3.63, 3.8) is 0 Å². The fraction of sp³-hybridized carbons (Fsp3) is 0.381. The van der Waals surface area contributed by atoms with E-state index in [1.807, 2.05) is 13.8 Å². The number of halogens is 2. The molecule has 1 heterocycles. The van der Waals surface area contributed by atoms with Crippen molar-refractivity contribution in [1.82, 2.24) is 4.31 Å². The van der Waals surface area contributed by atoms with Gasteiger partial charge in [0.05, 0.1) is 7.11 Å². The Labute approximate surface area is 174 Å². The number of carbonyl (C=O) groups excluding carboxylic acids is 1. The molecule has 6 nitrogen and oxygen atoms in total. The van der Waals surface area contributed by atoms with Crippen LogP contribution in [-0.4, -0.2) is 38.8 Å². The van der Waals surface area contributed by atoms with E-state index in [0.29, 0.717) is 19.2 Å². The van der Waals surface area contributed by atoms with Crippen LogP contribution in [0.15, 0.2) is 41.3 Å². The van der Waals surface area contributed by atoms with Crippen molar-refractivity contribution >= 4 is 21.6 Å². The van der Waals surface area contributed by atoms with Crippen molar-refractivity contribution in [2.24, 2.45) is 11.8 Å². The van der Waals surface area contributed by atoms with Crippen LogP contribution in [0.3, 0.4) is 0 Å². The van der Waals surface area contributed by atoms with E-state index in [0.717, 1.165) is 18.6 Å². The Bertz CT molecular complexity index is 1030. The Morgan fingerprint density at radius 3 is 2.23 bits per heavy atom. The van der Waals surface area contributed by atoms with Gasteiger partial charge in [-0.25, -0.2) is 17.2 Å². The van der Waals surface area contributed by atoms with Gasteiger partial charge in [-0.15, -0.1) is 0 Å². The van der Waals surface area contributed by atoms with E-state index in [4.69, 9.17) is 4.74 Å². The zero-order valence-corrected chi connectivity index (χ0v) is 17.8. The third kappa shape index (κ3) is 4.79. The highest BCUT2D eigenvalue weighted by Crippen LogP contribution is 2.32. The van der Waals surface area contributed by atoms with Gasteiger partial charge in [-0.1, -0.05) is 13.8 Å². The van der Waals surface area contributed by atoms with Crippen LogP contribution < -0.4 is 10.1 Å². The molecule has 1 aliphatic heterocycles. The molecular weight excluding hydrogens is 414 g/mol. The van der Waals surface area contributed by atoms with Gasteiger partial charge in [0.1, 0.15) is 22.3 Å². The highest BCUT2D eigenvalue weighted by Gasteiger charge is 2.34. The van der Waals surface area contributed by atoms with Gasteiger partial charge in [-0.3, -0.25) is 4.79 Å². The maximum atomic E-state index is 13.4. The Balaban J connectivity index is 1.94. The summed E-state index contributed by atoms with van der Waals surface area (Å²) in [7, 11) is -2.55. The van der Waals surface area contributed by atoms with Crippen molar-refractivity contribution < 1.29 is 26.7 Å². The van der Waals surface area contributed by atoms with Crippen LogP contribution in [0.25, 0.3) is 0 Å². The molecule has 3 rings (SSSR count). The van der Waals surface area contributed by atoms with E-state index in [1.54, 1.807) is 0 Å². The number of hydrogen-bond donors (Lipinski definition) is 1. The van der Waals surface area contributed by atoms with Gasteiger partial charge in [0.25, 0.3) is 5.91 Å². The van der Waals surface area contributed by atoms with Crippen molar-refractivity contribution in [3.8, 4) is 5.75 Å². The Morgan fingerprint density at radius 1 is 1.07 bits per heavy atom. The molecule has 1 aliphatic rings. The maximum absolute atomic E-state index is 13.4. The number of carbonyl (C=O) groups is 1. The quantitative estimate of drug-likeness (QED) is 0.769. The van der Waals surface area contributed by atoms with Gasteiger partial charge >= 0.3 is 0 Å². The molecule has 1 amide bonds. The van der Waals surface area contributed by atoms with Crippen LogP contribution in [0.2, 0.25) is 0 Å². The average Bonchev–Trinajstić information content (AvgIpc) is 2.65. The highest BCUT2D eigenvalue weighted by molar-refractivity contribution is 7.89. The lowest BCUT2D eigenvalue weighted by atomic mass is 9.94. The lowest BCUT2D eigenvalue weighted by Gasteiger charge is -2.34. The van der Waals surface area contributed by atoms with E-state index >= 15 is 0 Å². The number of rotatable bonds is 5. The molecule has 2 atom stereocenters. The zero-order chi connectivity index (χ0) is 22.1. The number of hydrogen-bond acceptors (Lipinski definition) is 4. The molecule has 0 radical (unpaired) electrons. The first-order valence-corrected chi connectivity index (χ1v) is 11.0. The number of nitrogens with zero attached hydrogens (tertiary/aromatic N) is 1. The third-order valence-electron chi connectivity index (χ3n) is 5.00. The smallest absolute Gasteiger partial charge is 0.255 e. The fourth-order valence-corrected chi connectivity index (χ4v) is 5.65. The molecule has 0 saturated carbocycles. The summed E-state index contributed by atoms with van der Waals surface area (Å²) in [6.45, 7) is 4.76. The lowest BCUT2D eigenvalue weighted by Crippen LogP contribution is -2.42. The summed E-state index contributed by atoms with van der Waals surface area (Å²) < 4.78 is 60.0. The molecule has 0 aromatic heterocycles. The van der Waals surface area contributed by atoms with Crippen molar-refractivity contribution in [1.29, 1.82) is 0 Å². The maximum Gasteiger partial charge on any atom is 0.255 e. The minimum atomic E-state index is -3.90. The minimum absolute atomic E-state index is 0.0251. The van der Waals surface area contributed by atoms with Crippen LogP contribution in [-0.2, 0) is 10.0 Å². The summed E-state index contributed by atoms with van der Waals surface area (Å²) in [6, 6.07) is 6.64. The minimum Gasteiger partial charge on any atom is -0.495 e. The molecule has 1 fully saturated rings. The summed E-state index contributed by atoms with van der Waals surface area (Å²) in [4.78, 5) is 12.5. The second kappa shape index (κ2) is 8.69. The molecule has 162 valence electrons. The van der Waals surface area contributed by atoms with E-state index in [9.17, 15) is 22.0 Å². The van der Waals surface area contributed by atoms with Crippen LogP contribution in [0.5, 0.6) is 5.75 Å². The fourth-order valence-electron chi connectivity index (χ4n) is 3.79. The van der Waals surface area contributed by atoms with Crippen LogP contribution in [0.4, 0.5) is 14.5 Å². The first-order chi connectivity index (χ1) is 14.1. The topological polar surface area (TPSA) is 75.7 Å². The summed E-state index contributed by atoms with van der Waals surface area (Å²) in [5.74, 6) is -1.82. The van der Waals surface area contributed by atoms with E-state index in [1.165, 1.54) is 29.6 Å². The summed E-state index contributed by atoms with van der Waals surface area (Å²) >= 11 is 0. The second-order valence-corrected chi connectivity index (χ2v) is 9.65. The van der Waals surface area contributed by atoms with Gasteiger partial charge in [-0.2, -0.15) is 4.31 Å². The summed E-state index contributed by atoms with van der Waals surface area (Å²) in [6.07, 6.45) is 0.940. The first-order valence-electron chi connectivity index (χ1n) is 9.55. The number of ether oxygens (including phenoxy) is 1. The number of piperidine rings is 1. The van der Waals surface area contributed by atoms with Crippen molar-refractivity contribution in [2.45, 2.75) is 25.2 Å². The molecule has 2 aromatic rings. The Kier molecular flexibility index (Phi) is 6.42. The molecule has 2 unspecified atom stereocenters. The van der Waals surface area contributed by atoms with Crippen LogP contribution in [0.1, 0.15) is 30.6 Å².